The number of nitrogens with zero attached hydrogens (tertiary/aromatic N) is 4. The standard InChI is InChI=1S/C45H69N5O8S/c1-13-27(3)38-43(55)50-20-14-15-35(50)44(56)58-37(45(7,8)9)22-26(2)21-36(51)29(5)40-46-32(25-59-40)23-28(4)39(52)47-34(24-31-16-18-33(57-12)19-17-31)42(54)48(10)30(6)41(53)49(38)11/h16-19,23,26-27,29-30,32,34-38,51H,13-15,20-22,24-25H2,1-12H3,(H,47,52)/b28-23+/t26-,27?,29-,30-,32-,34-,35-,36-,37-,38-/m0/s1. The van der Waals surface area contributed by atoms with Gasteiger partial charge in [0.1, 0.15) is 36.0 Å². The lowest BCUT2D eigenvalue weighted by molar-refractivity contribution is -0.166. The van der Waals surface area contributed by atoms with Crippen molar-refractivity contribution in [3.8, 4) is 5.75 Å². The smallest absolute Gasteiger partial charge is 0.329 e. The third-order valence-electron chi connectivity index (χ3n) is 12.4. The van der Waals surface area contributed by atoms with Crippen LogP contribution in [0, 0.1) is 23.2 Å². The van der Waals surface area contributed by atoms with Crippen LogP contribution in [-0.2, 0) is 35.1 Å². The molecule has 2 N–H and O–H groups in total. The summed E-state index contributed by atoms with van der Waals surface area (Å²) >= 11 is 1.56. The first-order valence-electron chi connectivity index (χ1n) is 21.2. The number of fused-ring (bicyclic) bond motifs is 2. The van der Waals surface area contributed by atoms with Gasteiger partial charge in [-0.25, -0.2) is 4.79 Å². The number of aliphatic imine (C=N–C) groups is 1. The number of aliphatic hydroxyl groups is 1. The van der Waals surface area contributed by atoms with E-state index in [1.807, 2.05) is 60.6 Å². The van der Waals surface area contributed by atoms with Gasteiger partial charge in [-0.3, -0.25) is 24.2 Å². The van der Waals surface area contributed by atoms with E-state index in [-0.39, 0.29) is 36.1 Å². The summed E-state index contributed by atoms with van der Waals surface area (Å²) in [7, 11) is 4.67. The Kier molecular flexibility index (Phi) is 16.7. The Morgan fingerprint density at radius 3 is 2.27 bits per heavy atom. The van der Waals surface area contributed by atoms with Crippen LogP contribution in [-0.4, -0.2) is 130 Å². The number of thioether (sulfide) groups is 1. The van der Waals surface area contributed by atoms with E-state index in [4.69, 9.17) is 14.5 Å². The van der Waals surface area contributed by atoms with Crippen LogP contribution >= 0.6 is 11.8 Å². The number of nitrogens with one attached hydrogen (secondary N) is 1. The minimum atomic E-state index is -1.03. The first kappa shape index (κ1) is 47.8. The third kappa shape index (κ3) is 11.9. The van der Waals surface area contributed by atoms with Crippen LogP contribution in [0.25, 0.3) is 0 Å². The molecule has 0 aromatic heterocycles. The zero-order valence-corrected chi connectivity index (χ0v) is 38.1. The van der Waals surface area contributed by atoms with Gasteiger partial charge in [-0.05, 0) is 74.5 Å². The van der Waals surface area contributed by atoms with Crippen molar-refractivity contribution < 1.29 is 38.6 Å². The van der Waals surface area contributed by atoms with Crippen LogP contribution in [0.1, 0.15) is 100.0 Å². The highest BCUT2D eigenvalue weighted by Gasteiger charge is 2.44. The second-order valence-corrected chi connectivity index (χ2v) is 19.1. The second-order valence-electron chi connectivity index (χ2n) is 18.1. The fraction of sp³-hybridized carbons (Fsp3) is 0.689. The maximum atomic E-state index is 14.6. The molecule has 3 heterocycles. The van der Waals surface area contributed by atoms with E-state index in [1.54, 1.807) is 62.9 Å². The highest BCUT2D eigenvalue weighted by Crippen LogP contribution is 2.34. The Hall–Kier alpha value is -3.91. The van der Waals surface area contributed by atoms with E-state index in [0.29, 0.717) is 55.7 Å². The van der Waals surface area contributed by atoms with Crippen molar-refractivity contribution in [1.82, 2.24) is 20.0 Å². The number of aliphatic hydroxyl groups excluding tert-OH is 1. The SMILES string of the molecule is CCC(C)[C@H]1C(=O)N2CCC[C@H]2C(=O)O[C@H](C(C)(C)C)C[C@@H](C)C[C@H](O)[C@H](C)C2=N[C@@H](/C=C(\C)C(=O)N[C@@H](Cc3ccc(OC)cc3)C(=O)N(C)[C@@H](C)C(=O)N1C)CS2. The molecule has 0 radical (unpaired) electrons. The van der Waals surface area contributed by atoms with Crippen LogP contribution in [0.5, 0.6) is 5.75 Å². The Bertz CT molecular complexity index is 1730. The molecule has 4 amide bonds. The van der Waals surface area contributed by atoms with Crippen molar-refractivity contribution in [2.75, 3.05) is 33.5 Å². The largest absolute Gasteiger partial charge is 0.497 e. The van der Waals surface area contributed by atoms with Crippen molar-refractivity contribution >= 4 is 46.4 Å². The molecule has 4 rings (SSSR count). The Labute approximate surface area is 356 Å². The first-order valence-corrected chi connectivity index (χ1v) is 22.2. The molecule has 328 valence electrons. The third-order valence-corrected chi connectivity index (χ3v) is 13.7. The average Bonchev–Trinajstić information content (AvgIpc) is 3.89. The van der Waals surface area contributed by atoms with Gasteiger partial charge in [0, 0.05) is 44.3 Å². The molecule has 1 fully saturated rings. The van der Waals surface area contributed by atoms with Crippen LogP contribution in [0.15, 0.2) is 40.9 Å². The predicted octanol–water partition coefficient (Wildman–Crippen LogP) is 5.28. The number of hydrogen-bond acceptors (Lipinski definition) is 10. The summed E-state index contributed by atoms with van der Waals surface area (Å²) in [6.07, 6.45) is 3.41. The van der Waals surface area contributed by atoms with Crippen LogP contribution in [0.4, 0.5) is 0 Å². The molecule has 59 heavy (non-hydrogen) atoms. The van der Waals surface area contributed by atoms with Crippen molar-refractivity contribution in [2.45, 2.75) is 143 Å². The molecule has 1 aromatic rings. The molecule has 1 unspecified atom stereocenters. The summed E-state index contributed by atoms with van der Waals surface area (Å²) in [5.41, 5.74) is 0.758. The average molecular weight is 840 g/mol. The van der Waals surface area contributed by atoms with Crippen molar-refractivity contribution in [1.29, 1.82) is 0 Å². The van der Waals surface area contributed by atoms with E-state index in [9.17, 15) is 29.1 Å². The number of rotatable bonds is 5. The summed E-state index contributed by atoms with van der Waals surface area (Å²) in [4.78, 5) is 80.4. The minimum absolute atomic E-state index is 0.00274. The molecule has 0 spiro atoms. The van der Waals surface area contributed by atoms with Crippen LogP contribution in [0.2, 0.25) is 0 Å². The number of carbonyl (C=O) groups is 5. The molecule has 13 nitrogen and oxygen atoms in total. The molecule has 2 bridgehead atoms. The topological polar surface area (TPSA) is 158 Å². The lowest BCUT2D eigenvalue weighted by atomic mass is 9.81. The summed E-state index contributed by atoms with van der Waals surface area (Å²) in [5, 5.41) is 15.2. The van der Waals surface area contributed by atoms with E-state index >= 15 is 0 Å². The predicted molar refractivity (Wildman–Crippen MR) is 232 cm³/mol. The summed E-state index contributed by atoms with van der Waals surface area (Å²) in [6, 6.07) is 3.19. The number of hydrogen-bond donors (Lipinski definition) is 2. The molecule has 3 aliphatic rings. The van der Waals surface area contributed by atoms with Gasteiger partial charge < -0.3 is 34.6 Å². The highest BCUT2D eigenvalue weighted by atomic mass is 32.2. The normalized spacial score (nSPS) is 31.6. The van der Waals surface area contributed by atoms with Crippen molar-refractivity contribution in [3.63, 3.8) is 0 Å². The molecule has 1 saturated heterocycles. The Balaban J connectivity index is 1.74. The minimum Gasteiger partial charge on any atom is -0.497 e. The zero-order chi connectivity index (χ0) is 43.9. The van der Waals surface area contributed by atoms with Gasteiger partial charge in [0.15, 0.2) is 0 Å². The monoisotopic (exact) mass is 839 g/mol. The zero-order valence-electron chi connectivity index (χ0n) is 37.3. The fourth-order valence-corrected chi connectivity index (χ4v) is 9.25. The van der Waals surface area contributed by atoms with Crippen LogP contribution in [0.3, 0.4) is 0 Å². The second kappa shape index (κ2) is 20.6. The maximum absolute atomic E-state index is 14.6. The van der Waals surface area contributed by atoms with E-state index < -0.39 is 65.5 Å². The van der Waals surface area contributed by atoms with Gasteiger partial charge in [0.2, 0.25) is 23.6 Å². The van der Waals surface area contributed by atoms with Gasteiger partial charge in [0.05, 0.1) is 24.3 Å². The molecule has 14 heteroatoms. The number of methoxy groups -OCH3 is 1. The number of amides is 4. The quantitative estimate of drug-likeness (QED) is 0.377. The highest BCUT2D eigenvalue weighted by molar-refractivity contribution is 8.14. The Morgan fingerprint density at radius 2 is 1.66 bits per heavy atom. The number of benzene rings is 1. The van der Waals surface area contributed by atoms with Gasteiger partial charge >= 0.3 is 5.97 Å². The van der Waals surface area contributed by atoms with Gasteiger partial charge in [0.25, 0.3) is 0 Å². The lowest BCUT2D eigenvalue weighted by Gasteiger charge is -2.39. The summed E-state index contributed by atoms with van der Waals surface area (Å²) in [5.74, 6) is -1.41. The number of carbonyl (C=O) groups excluding carboxylic acids is 5. The summed E-state index contributed by atoms with van der Waals surface area (Å²) in [6.45, 7) is 17.6. The lowest BCUT2D eigenvalue weighted by Crippen LogP contribution is -2.59. The molecule has 0 aliphatic carbocycles. The fourth-order valence-electron chi connectivity index (χ4n) is 8.11. The maximum Gasteiger partial charge on any atom is 0.329 e. The van der Waals surface area contributed by atoms with Gasteiger partial charge in [-0.15, -0.1) is 11.8 Å². The number of ether oxygens (including phenoxy) is 2. The number of cyclic esters (lactones) is 1. The van der Waals surface area contributed by atoms with Crippen molar-refractivity contribution in [3.05, 3.63) is 41.5 Å². The molecule has 0 saturated carbocycles. The Morgan fingerprint density at radius 1 is 1.00 bits per heavy atom. The summed E-state index contributed by atoms with van der Waals surface area (Å²) < 4.78 is 11.6. The van der Waals surface area contributed by atoms with E-state index in [0.717, 1.165) is 10.6 Å². The van der Waals surface area contributed by atoms with Crippen molar-refractivity contribution in [2.24, 2.45) is 28.2 Å². The van der Waals surface area contributed by atoms with E-state index in [2.05, 4.69) is 5.32 Å². The molecular weight excluding hydrogens is 771 g/mol. The molecule has 3 aliphatic heterocycles. The van der Waals surface area contributed by atoms with Gasteiger partial charge in [-0.1, -0.05) is 73.1 Å². The first-order chi connectivity index (χ1) is 27.7. The van der Waals surface area contributed by atoms with Gasteiger partial charge in [-0.2, -0.15) is 0 Å². The number of esters is 1. The van der Waals surface area contributed by atoms with Crippen LogP contribution < -0.4 is 10.1 Å². The molecule has 1 aromatic carbocycles. The molecular formula is C45H69N5O8S. The number of likely N-dealkylation sites (N-methyl/N-ethyl adjacent to an activating group) is 2. The van der Waals surface area contributed by atoms with E-state index in [1.165, 1.54) is 16.8 Å². The molecule has 10 atom stereocenters.